The zero-order valence-electron chi connectivity index (χ0n) is 19.5. The molecule has 5 rings (SSSR count). The third-order valence-corrected chi connectivity index (χ3v) is 6.89. The van der Waals surface area contributed by atoms with E-state index in [4.69, 9.17) is 28.6 Å². The second-order valence-corrected chi connectivity index (χ2v) is 9.56. The summed E-state index contributed by atoms with van der Waals surface area (Å²) in [7, 11) is 0. The summed E-state index contributed by atoms with van der Waals surface area (Å²) in [6.45, 7) is 3.62. The van der Waals surface area contributed by atoms with Gasteiger partial charge in [0.05, 0.1) is 25.5 Å². The van der Waals surface area contributed by atoms with Crippen molar-refractivity contribution in [2.45, 2.75) is 13.1 Å². The second-order valence-electron chi connectivity index (χ2n) is 8.76. The maximum absolute atomic E-state index is 13.4. The molecule has 2 aliphatic heterocycles. The minimum absolute atomic E-state index is 0.0940. The predicted octanol–water partition coefficient (Wildman–Crippen LogP) is 3.74. The monoisotopic (exact) mass is 520 g/mol. The molecule has 36 heavy (non-hydrogen) atoms. The van der Waals surface area contributed by atoms with Crippen LogP contribution in [0, 0.1) is 5.92 Å². The number of aliphatic imine (C=N–C) groups is 1. The molecule has 0 spiro atoms. The minimum atomic E-state index is -0.462. The number of hydrogen-bond donors (Lipinski definition) is 1. The van der Waals surface area contributed by atoms with Gasteiger partial charge >= 0.3 is 0 Å². The largest absolute Gasteiger partial charge is 0.378 e. The van der Waals surface area contributed by atoms with E-state index < -0.39 is 5.92 Å². The van der Waals surface area contributed by atoms with Gasteiger partial charge in [-0.1, -0.05) is 35.9 Å². The lowest BCUT2D eigenvalue weighted by Gasteiger charge is -2.35. The van der Waals surface area contributed by atoms with Gasteiger partial charge < -0.3 is 15.0 Å². The average molecular weight is 521 g/mol. The van der Waals surface area contributed by atoms with Crippen LogP contribution in [0.2, 0.25) is 5.02 Å². The molecule has 9 heteroatoms. The lowest BCUT2D eigenvalue weighted by atomic mass is 9.93. The number of halogens is 1. The third-order valence-electron chi connectivity index (χ3n) is 6.34. The molecule has 2 heterocycles. The standard InChI is InChI=1S/C27H25ClN4O3S/c28-21-3-1-2-19(14-21)16-29-25(33)20-6-4-18(5-7-20)17-32-26(34)23-15-22(31-10-12-35-13-11-31)8-9-24(23)30-27(32)36/h1-9,14-15,23H,10-13,16-17H2,(H,29,33). The molecule has 1 unspecified atom stereocenters. The first kappa shape index (κ1) is 24.4. The van der Waals surface area contributed by atoms with E-state index >= 15 is 0 Å². The topological polar surface area (TPSA) is 74.2 Å². The Kier molecular flexibility index (Phi) is 7.27. The molecule has 1 fully saturated rings. The Bertz CT molecular complexity index is 1280. The number of nitrogens with zero attached hydrogens (tertiary/aromatic N) is 3. The van der Waals surface area contributed by atoms with Crippen molar-refractivity contribution in [3.05, 3.63) is 94.2 Å². The molecule has 0 aromatic heterocycles. The number of thiocarbonyl (C=S) groups is 1. The van der Waals surface area contributed by atoms with Crippen LogP contribution >= 0.6 is 23.8 Å². The van der Waals surface area contributed by atoms with E-state index in [0.717, 1.165) is 29.9 Å². The number of hydrogen-bond acceptors (Lipinski definition) is 5. The van der Waals surface area contributed by atoms with Crippen LogP contribution in [0.4, 0.5) is 0 Å². The van der Waals surface area contributed by atoms with E-state index in [0.29, 0.717) is 42.6 Å². The van der Waals surface area contributed by atoms with E-state index in [1.807, 2.05) is 48.6 Å². The number of carbonyl (C=O) groups excluding carboxylic acids is 2. The highest BCUT2D eigenvalue weighted by Gasteiger charge is 2.35. The Morgan fingerprint density at radius 3 is 2.64 bits per heavy atom. The number of fused-ring (bicyclic) bond motifs is 1. The fourth-order valence-electron chi connectivity index (χ4n) is 4.38. The number of morpholine rings is 1. The molecule has 0 saturated carbocycles. The predicted molar refractivity (Wildman–Crippen MR) is 143 cm³/mol. The summed E-state index contributed by atoms with van der Waals surface area (Å²) in [5.41, 5.74) is 4.00. The van der Waals surface area contributed by atoms with Crippen LogP contribution in [-0.2, 0) is 22.6 Å². The summed E-state index contributed by atoms with van der Waals surface area (Å²) in [5.74, 6) is -0.741. The van der Waals surface area contributed by atoms with Crippen LogP contribution < -0.4 is 5.32 Å². The first-order valence-corrected chi connectivity index (χ1v) is 12.5. The fraction of sp³-hybridized carbons (Fsp3) is 0.259. The van der Waals surface area contributed by atoms with Crippen molar-refractivity contribution < 1.29 is 14.3 Å². The summed E-state index contributed by atoms with van der Waals surface area (Å²) in [4.78, 5) is 34.2. The molecule has 2 aromatic carbocycles. The molecule has 184 valence electrons. The van der Waals surface area contributed by atoms with Gasteiger partial charge in [0.1, 0.15) is 5.92 Å². The lowest BCUT2D eigenvalue weighted by Crippen LogP contribution is -2.46. The number of amides is 2. The van der Waals surface area contributed by atoms with Gasteiger partial charge in [0.25, 0.3) is 5.91 Å². The van der Waals surface area contributed by atoms with Crippen molar-refractivity contribution in [2.24, 2.45) is 10.9 Å². The van der Waals surface area contributed by atoms with Crippen LogP contribution in [0.1, 0.15) is 21.5 Å². The molecule has 7 nitrogen and oxygen atoms in total. The third kappa shape index (κ3) is 5.41. The van der Waals surface area contributed by atoms with Gasteiger partial charge in [-0.2, -0.15) is 0 Å². The Hall–Kier alpha value is -3.33. The zero-order valence-corrected chi connectivity index (χ0v) is 21.1. The van der Waals surface area contributed by atoms with E-state index in [1.54, 1.807) is 18.2 Å². The van der Waals surface area contributed by atoms with Crippen molar-refractivity contribution in [3.8, 4) is 0 Å². The van der Waals surface area contributed by atoms with Crippen LogP contribution in [0.5, 0.6) is 0 Å². The van der Waals surface area contributed by atoms with Gasteiger partial charge in [0, 0.05) is 35.9 Å². The molecule has 1 N–H and O–H groups in total. The number of allylic oxidation sites excluding steroid dienone is 2. The van der Waals surface area contributed by atoms with Crippen LogP contribution in [0.15, 0.2) is 77.4 Å². The average Bonchev–Trinajstić information content (AvgIpc) is 2.90. The Balaban J connectivity index is 1.23. The van der Waals surface area contributed by atoms with Crippen LogP contribution in [-0.4, -0.2) is 58.7 Å². The molecule has 2 aromatic rings. The first-order chi connectivity index (χ1) is 17.5. The fourth-order valence-corrected chi connectivity index (χ4v) is 4.85. The highest BCUT2D eigenvalue weighted by Crippen LogP contribution is 2.26. The van der Waals surface area contributed by atoms with E-state index in [1.165, 1.54) is 4.90 Å². The smallest absolute Gasteiger partial charge is 0.251 e. The molecular weight excluding hydrogens is 496 g/mol. The van der Waals surface area contributed by atoms with Crippen molar-refractivity contribution in [1.82, 2.24) is 15.1 Å². The highest BCUT2D eigenvalue weighted by atomic mass is 35.5. The number of carbonyl (C=O) groups is 2. The summed E-state index contributed by atoms with van der Waals surface area (Å²) in [6, 6.07) is 14.5. The normalized spacial score (nSPS) is 19.5. The van der Waals surface area contributed by atoms with Gasteiger partial charge in [0.15, 0.2) is 0 Å². The van der Waals surface area contributed by atoms with Crippen molar-refractivity contribution in [2.75, 3.05) is 26.3 Å². The van der Waals surface area contributed by atoms with Gasteiger partial charge in [0.2, 0.25) is 11.0 Å². The molecule has 0 bridgehead atoms. The Labute approximate surface area is 220 Å². The SMILES string of the molecule is O=C(NCc1cccc(Cl)c1)c1ccc(CN2C(=O)C3C=C(N4CCOCC4)C=CC3=NC2=S)cc1. The number of benzene rings is 2. The first-order valence-electron chi connectivity index (χ1n) is 11.8. The summed E-state index contributed by atoms with van der Waals surface area (Å²) in [5, 5.41) is 3.78. The molecular formula is C27H25ClN4O3S. The minimum Gasteiger partial charge on any atom is -0.378 e. The Morgan fingerprint density at radius 2 is 1.89 bits per heavy atom. The zero-order chi connectivity index (χ0) is 25.1. The molecule has 1 aliphatic carbocycles. The van der Waals surface area contributed by atoms with E-state index in [-0.39, 0.29) is 16.9 Å². The lowest BCUT2D eigenvalue weighted by molar-refractivity contribution is -0.129. The number of nitrogens with one attached hydrogen (secondary N) is 1. The van der Waals surface area contributed by atoms with Gasteiger partial charge in [-0.25, -0.2) is 4.99 Å². The maximum Gasteiger partial charge on any atom is 0.251 e. The summed E-state index contributed by atoms with van der Waals surface area (Å²) >= 11 is 11.5. The number of ether oxygens (including phenoxy) is 1. The van der Waals surface area contributed by atoms with Crippen molar-refractivity contribution in [1.29, 1.82) is 0 Å². The maximum atomic E-state index is 13.4. The van der Waals surface area contributed by atoms with Crippen LogP contribution in [0.3, 0.4) is 0 Å². The Morgan fingerprint density at radius 1 is 1.11 bits per heavy atom. The molecule has 1 atom stereocenters. The second kappa shape index (κ2) is 10.7. The van der Waals surface area contributed by atoms with E-state index in [9.17, 15) is 9.59 Å². The molecule has 3 aliphatic rings. The molecule has 0 radical (unpaired) electrons. The molecule has 1 saturated heterocycles. The summed E-state index contributed by atoms with van der Waals surface area (Å²) < 4.78 is 5.44. The number of rotatable bonds is 6. The van der Waals surface area contributed by atoms with Gasteiger partial charge in [-0.05, 0) is 65.8 Å². The van der Waals surface area contributed by atoms with Crippen LogP contribution in [0.25, 0.3) is 0 Å². The van der Waals surface area contributed by atoms with Crippen molar-refractivity contribution in [3.63, 3.8) is 0 Å². The van der Waals surface area contributed by atoms with Gasteiger partial charge in [-0.15, -0.1) is 0 Å². The van der Waals surface area contributed by atoms with Crippen molar-refractivity contribution >= 4 is 46.5 Å². The quantitative estimate of drug-likeness (QED) is 0.587. The summed E-state index contributed by atoms with van der Waals surface area (Å²) in [6.07, 6.45) is 5.84. The molecule has 2 amide bonds. The van der Waals surface area contributed by atoms with Gasteiger partial charge in [-0.3, -0.25) is 14.5 Å². The van der Waals surface area contributed by atoms with E-state index in [2.05, 4.69) is 15.2 Å². The highest BCUT2D eigenvalue weighted by molar-refractivity contribution is 7.80.